The van der Waals surface area contributed by atoms with Gasteiger partial charge in [0.25, 0.3) is 0 Å². The summed E-state index contributed by atoms with van der Waals surface area (Å²) in [5.74, 6) is -0.953. The minimum absolute atomic E-state index is 0.0149. The number of hydrogen-bond donors (Lipinski definition) is 1. The summed E-state index contributed by atoms with van der Waals surface area (Å²) in [6.07, 6.45) is 5.90. The van der Waals surface area contributed by atoms with Crippen LogP contribution in [0.2, 0.25) is 0 Å². The van der Waals surface area contributed by atoms with Crippen LogP contribution < -0.4 is 0 Å². The van der Waals surface area contributed by atoms with E-state index >= 15 is 0 Å². The number of nitrogens with zero attached hydrogens (tertiary/aromatic N) is 3. The molecule has 4 aliphatic carbocycles. The third-order valence-electron chi connectivity index (χ3n) is 13.1. The zero-order chi connectivity index (χ0) is 35.8. The Morgan fingerprint density at radius 1 is 0.920 bits per heavy atom. The third kappa shape index (κ3) is 6.47. The normalized spacial score (nSPS) is 38.4. The van der Waals surface area contributed by atoms with Gasteiger partial charge in [0.15, 0.2) is 5.79 Å². The first-order chi connectivity index (χ1) is 23.9. The van der Waals surface area contributed by atoms with Gasteiger partial charge in [0.2, 0.25) is 0 Å². The van der Waals surface area contributed by atoms with Crippen LogP contribution in [-0.2, 0) is 44.4 Å². The van der Waals surface area contributed by atoms with E-state index in [0.29, 0.717) is 32.2 Å². The number of benzene rings is 1. The van der Waals surface area contributed by atoms with Crippen molar-refractivity contribution < 1.29 is 43.0 Å². The van der Waals surface area contributed by atoms with Crippen LogP contribution in [0.5, 0.6) is 0 Å². The van der Waals surface area contributed by atoms with Gasteiger partial charge in [-0.1, -0.05) is 49.4 Å². The first-order valence-corrected chi connectivity index (χ1v) is 18.1. The second kappa shape index (κ2) is 14.8. The summed E-state index contributed by atoms with van der Waals surface area (Å²) >= 11 is 0. The summed E-state index contributed by atoms with van der Waals surface area (Å²) in [7, 11) is 6.60. The van der Waals surface area contributed by atoms with Crippen molar-refractivity contribution in [3.63, 3.8) is 0 Å². The molecule has 6 rings (SSSR count). The standard InChI is InChI=1S/C38H59N3O9/c1-34(2,46-8)50-32-18-27(47-23-43-5)19-37(42)16-14-29-33(36(32,37)4)31(48-24-44-6)20-35(3)28(15-17-38(29,35)49-25-45-7)30-22-41(40-39-30)21-26-12-10-9-11-13-26/h9-13,22,27-29,31-33,42H,14-21,23-25H2,1-8H3/t27-,28+,29?,31+,32+,33?,35+,36+,37-,38-/m0/s1. The van der Waals surface area contributed by atoms with Crippen molar-refractivity contribution in [2.24, 2.45) is 22.7 Å². The van der Waals surface area contributed by atoms with Crippen LogP contribution in [0.4, 0.5) is 0 Å². The number of fused-ring (bicyclic) bond motifs is 5. The molecular weight excluding hydrogens is 642 g/mol. The molecule has 1 N–H and O–H groups in total. The van der Waals surface area contributed by atoms with Crippen LogP contribution in [0.25, 0.3) is 0 Å². The highest BCUT2D eigenvalue weighted by Crippen LogP contribution is 2.73. The van der Waals surface area contributed by atoms with Crippen LogP contribution in [0.1, 0.15) is 89.8 Å². The fourth-order valence-corrected chi connectivity index (χ4v) is 10.7. The van der Waals surface area contributed by atoms with Gasteiger partial charge in [0, 0.05) is 70.1 Å². The second-order valence-corrected chi connectivity index (χ2v) is 15.9. The Morgan fingerprint density at radius 3 is 2.34 bits per heavy atom. The van der Waals surface area contributed by atoms with E-state index in [1.807, 2.05) is 36.7 Å². The zero-order valence-electron chi connectivity index (χ0n) is 31.3. The van der Waals surface area contributed by atoms with Gasteiger partial charge in [-0.2, -0.15) is 0 Å². The molecule has 12 heteroatoms. The fourth-order valence-electron chi connectivity index (χ4n) is 10.7. The lowest BCUT2D eigenvalue weighted by atomic mass is 9.40. The Hall–Kier alpha value is -2.00. The SMILES string of the molecule is COCO[C@H]1C[C@@H](OC(C)(C)OC)[C@]2(C)C3C(CC[C@]2(O)C1)[C@@]1(OCOC)CC[C@H](c2cn(Cc4ccccc4)nn2)[C@@]1(C)C[C@H]3OCOC. The number of ether oxygens (including phenoxy) is 8. The molecule has 0 radical (unpaired) electrons. The zero-order valence-corrected chi connectivity index (χ0v) is 31.3. The predicted molar refractivity (Wildman–Crippen MR) is 184 cm³/mol. The first kappa shape index (κ1) is 37.7. The highest BCUT2D eigenvalue weighted by molar-refractivity contribution is 5.28. The second-order valence-electron chi connectivity index (χ2n) is 15.9. The summed E-state index contributed by atoms with van der Waals surface area (Å²) in [5.41, 5.74) is -0.685. The van der Waals surface area contributed by atoms with Gasteiger partial charge in [-0.3, -0.25) is 0 Å². The van der Waals surface area contributed by atoms with E-state index in [9.17, 15) is 5.11 Å². The molecule has 1 aromatic carbocycles. The smallest absolute Gasteiger partial charge is 0.162 e. The van der Waals surface area contributed by atoms with Gasteiger partial charge in [-0.15, -0.1) is 5.10 Å². The Morgan fingerprint density at radius 2 is 1.64 bits per heavy atom. The molecule has 0 amide bonds. The summed E-state index contributed by atoms with van der Waals surface area (Å²) in [4.78, 5) is 0. The lowest BCUT2D eigenvalue weighted by Crippen LogP contribution is -2.75. The van der Waals surface area contributed by atoms with Gasteiger partial charge in [0.1, 0.15) is 20.4 Å². The highest BCUT2D eigenvalue weighted by Gasteiger charge is 2.75. The minimum atomic E-state index is -1.11. The molecule has 50 heavy (non-hydrogen) atoms. The Balaban J connectivity index is 1.42. The van der Waals surface area contributed by atoms with Crippen molar-refractivity contribution in [3.05, 3.63) is 47.8 Å². The summed E-state index contributed by atoms with van der Waals surface area (Å²) in [5, 5.41) is 22.3. The Kier molecular flexibility index (Phi) is 11.2. The predicted octanol–water partition coefficient (Wildman–Crippen LogP) is 5.28. The van der Waals surface area contributed by atoms with Crippen molar-refractivity contribution in [1.82, 2.24) is 15.0 Å². The first-order valence-electron chi connectivity index (χ1n) is 18.1. The largest absolute Gasteiger partial charge is 0.389 e. The van der Waals surface area contributed by atoms with Gasteiger partial charge >= 0.3 is 0 Å². The van der Waals surface area contributed by atoms with Crippen molar-refractivity contribution >= 4 is 0 Å². The van der Waals surface area contributed by atoms with Gasteiger partial charge in [0.05, 0.1) is 41.8 Å². The molecule has 1 heterocycles. The molecular formula is C38H59N3O9. The van der Waals surface area contributed by atoms with Gasteiger partial charge in [-0.05, 0) is 57.4 Å². The van der Waals surface area contributed by atoms with E-state index in [1.165, 1.54) is 5.56 Å². The average Bonchev–Trinajstić information content (AvgIpc) is 3.67. The maximum atomic E-state index is 12.9. The molecule has 0 spiro atoms. The average molecular weight is 702 g/mol. The fraction of sp³-hybridized carbons (Fsp3) is 0.789. The van der Waals surface area contributed by atoms with Gasteiger partial charge in [-0.25, -0.2) is 4.68 Å². The molecule has 4 saturated carbocycles. The van der Waals surface area contributed by atoms with Gasteiger partial charge < -0.3 is 43.0 Å². The summed E-state index contributed by atoms with van der Waals surface area (Å²) < 4.78 is 51.1. The van der Waals surface area contributed by atoms with Crippen LogP contribution in [0.3, 0.4) is 0 Å². The van der Waals surface area contributed by atoms with E-state index in [4.69, 9.17) is 43.0 Å². The van der Waals surface area contributed by atoms with Crippen LogP contribution in [-0.4, -0.2) is 104 Å². The highest BCUT2D eigenvalue weighted by atomic mass is 16.7. The molecule has 2 aromatic rings. The van der Waals surface area contributed by atoms with Crippen molar-refractivity contribution in [2.75, 3.05) is 48.8 Å². The third-order valence-corrected chi connectivity index (χ3v) is 13.1. The van der Waals surface area contributed by atoms with E-state index in [-0.39, 0.29) is 55.8 Å². The molecule has 4 aliphatic rings. The van der Waals surface area contributed by atoms with Crippen molar-refractivity contribution in [1.29, 1.82) is 0 Å². The molecule has 2 unspecified atom stereocenters. The number of rotatable bonds is 15. The lowest BCUT2D eigenvalue weighted by Gasteiger charge is -2.69. The lowest BCUT2D eigenvalue weighted by molar-refractivity contribution is -0.354. The number of methoxy groups -OCH3 is 4. The van der Waals surface area contributed by atoms with E-state index in [1.54, 1.807) is 28.4 Å². The monoisotopic (exact) mass is 701 g/mol. The number of aromatic nitrogens is 3. The maximum Gasteiger partial charge on any atom is 0.162 e. The van der Waals surface area contributed by atoms with Crippen LogP contribution in [0, 0.1) is 22.7 Å². The quantitative estimate of drug-likeness (QED) is 0.244. The maximum absolute atomic E-state index is 12.9. The molecule has 280 valence electrons. The Labute approximate surface area is 297 Å². The van der Waals surface area contributed by atoms with Crippen molar-refractivity contribution in [2.45, 2.75) is 120 Å². The molecule has 1 aromatic heterocycles. The Bertz CT molecular complexity index is 1410. The summed E-state index contributed by atoms with van der Waals surface area (Å²) in [6, 6.07) is 10.3. The molecule has 10 atom stereocenters. The van der Waals surface area contributed by atoms with E-state index < -0.39 is 28.5 Å². The van der Waals surface area contributed by atoms with Crippen LogP contribution in [0.15, 0.2) is 36.5 Å². The molecule has 12 nitrogen and oxygen atoms in total. The van der Waals surface area contributed by atoms with E-state index in [2.05, 4.69) is 37.4 Å². The summed E-state index contributed by atoms with van der Waals surface area (Å²) in [6.45, 7) is 9.48. The van der Waals surface area contributed by atoms with Crippen molar-refractivity contribution in [3.8, 4) is 0 Å². The number of aliphatic hydroxyl groups is 1. The number of hydrogen-bond acceptors (Lipinski definition) is 11. The molecule has 0 bridgehead atoms. The molecule has 4 fully saturated rings. The van der Waals surface area contributed by atoms with E-state index in [0.717, 1.165) is 25.0 Å². The van der Waals surface area contributed by atoms with Crippen LogP contribution >= 0.6 is 0 Å². The topological polar surface area (TPSA) is 125 Å². The molecule has 0 aliphatic heterocycles. The molecule has 0 saturated heterocycles. The minimum Gasteiger partial charge on any atom is -0.389 e.